The minimum absolute atomic E-state index is 0.0414. The van der Waals surface area contributed by atoms with E-state index in [-0.39, 0.29) is 69.1 Å². The summed E-state index contributed by atoms with van der Waals surface area (Å²) in [5.41, 5.74) is -1.46. The largest absolute Gasteiger partial charge is 0.487 e. The Labute approximate surface area is 255 Å². The average molecular weight is 637 g/mol. The first kappa shape index (κ1) is 30.7. The maximum absolute atomic E-state index is 16.3. The van der Waals surface area contributed by atoms with Crippen molar-refractivity contribution in [2.45, 2.75) is 58.8 Å². The number of carbonyl (C=O) groups is 3. The Morgan fingerprint density at radius 2 is 1.79 bits per heavy atom. The van der Waals surface area contributed by atoms with Gasteiger partial charge in [-0.25, -0.2) is 23.4 Å². The minimum Gasteiger partial charge on any atom is -0.487 e. The molecule has 0 radical (unpaired) electrons. The summed E-state index contributed by atoms with van der Waals surface area (Å²) in [6.07, 6.45) is -1.29. The number of hydrogen-bond donors (Lipinski definition) is 1. The van der Waals surface area contributed by atoms with Gasteiger partial charge < -0.3 is 24.0 Å². The van der Waals surface area contributed by atoms with Crippen molar-refractivity contribution in [2.75, 3.05) is 31.6 Å². The maximum atomic E-state index is 16.3. The van der Waals surface area contributed by atoms with Crippen molar-refractivity contribution in [1.29, 1.82) is 0 Å². The van der Waals surface area contributed by atoms with E-state index in [9.17, 15) is 18.8 Å². The van der Waals surface area contributed by atoms with Crippen molar-refractivity contribution in [3.63, 3.8) is 0 Å². The van der Waals surface area contributed by atoms with Crippen LogP contribution in [0.15, 0.2) is 18.2 Å². The van der Waals surface area contributed by atoms with Crippen molar-refractivity contribution in [3.8, 4) is 16.9 Å². The zero-order valence-electron chi connectivity index (χ0n) is 24.5. The van der Waals surface area contributed by atoms with Crippen LogP contribution in [0, 0.1) is 11.6 Å². The van der Waals surface area contributed by atoms with E-state index in [0.29, 0.717) is 0 Å². The molecule has 0 spiro atoms. The first-order chi connectivity index (χ1) is 20.0. The summed E-state index contributed by atoms with van der Waals surface area (Å²) in [6.45, 7) is 10.9. The van der Waals surface area contributed by atoms with Crippen LogP contribution in [0.25, 0.3) is 21.3 Å². The fourth-order valence-electron chi connectivity index (χ4n) is 4.86. The molecule has 3 heterocycles. The number of amides is 3. The second-order valence-electron chi connectivity index (χ2n) is 12.2. The Morgan fingerprint density at radius 1 is 1.09 bits per heavy atom. The molecule has 1 fully saturated rings. The number of nitrogens with one attached hydrogen (secondary N) is 1. The number of piperazine rings is 1. The van der Waals surface area contributed by atoms with Gasteiger partial charge in [-0.2, -0.15) is 0 Å². The van der Waals surface area contributed by atoms with Crippen molar-refractivity contribution in [1.82, 2.24) is 14.8 Å². The summed E-state index contributed by atoms with van der Waals surface area (Å²) in [5, 5.41) is 2.41. The highest BCUT2D eigenvalue weighted by Crippen LogP contribution is 2.44. The van der Waals surface area contributed by atoms with Gasteiger partial charge in [0.1, 0.15) is 23.6 Å². The van der Waals surface area contributed by atoms with Crippen LogP contribution >= 0.6 is 22.9 Å². The van der Waals surface area contributed by atoms with Gasteiger partial charge in [-0.1, -0.05) is 22.9 Å². The topological polar surface area (TPSA) is 110 Å². The minimum atomic E-state index is -0.915. The van der Waals surface area contributed by atoms with Crippen LogP contribution in [-0.2, 0) is 9.47 Å². The van der Waals surface area contributed by atoms with Crippen LogP contribution < -0.4 is 10.1 Å². The normalized spacial score (nSPS) is 17.1. The van der Waals surface area contributed by atoms with Gasteiger partial charge in [-0.15, -0.1) is 0 Å². The zero-order chi connectivity index (χ0) is 31.4. The van der Waals surface area contributed by atoms with Crippen LogP contribution in [0.2, 0.25) is 5.02 Å². The Hall–Kier alpha value is -3.71. The quantitative estimate of drug-likeness (QED) is 0.333. The third kappa shape index (κ3) is 6.32. The number of anilines is 1. The van der Waals surface area contributed by atoms with Crippen molar-refractivity contribution >= 4 is 56.4 Å². The highest BCUT2D eigenvalue weighted by atomic mass is 35.5. The number of hydrogen-bond acceptors (Lipinski definition) is 8. The molecule has 3 aromatic rings. The van der Waals surface area contributed by atoms with Crippen molar-refractivity contribution in [3.05, 3.63) is 40.4 Å². The molecule has 1 N–H and O–H groups in total. The van der Waals surface area contributed by atoms with Gasteiger partial charge in [0, 0.05) is 30.8 Å². The number of carbonyl (C=O) groups excluding carboxylic acids is 3. The molecule has 2 aliphatic rings. The van der Waals surface area contributed by atoms with Crippen molar-refractivity contribution in [2.24, 2.45) is 0 Å². The number of fused-ring (bicyclic) bond motifs is 3. The smallest absolute Gasteiger partial charge is 0.413 e. The molecular formula is C29H31ClF2N4O6S. The summed E-state index contributed by atoms with van der Waals surface area (Å²) in [7, 11) is 0. The van der Waals surface area contributed by atoms with Crippen LogP contribution in [0.3, 0.4) is 0 Å². The van der Waals surface area contributed by atoms with Gasteiger partial charge in [0.2, 0.25) is 0 Å². The first-order valence-corrected chi connectivity index (χ1v) is 14.7. The van der Waals surface area contributed by atoms with Gasteiger partial charge in [0.15, 0.2) is 16.7 Å². The van der Waals surface area contributed by atoms with Gasteiger partial charge in [0.05, 0.1) is 26.8 Å². The summed E-state index contributed by atoms with van der Waals surface area (Å²) < 4.78 is 47.7. The van der Waals surface area contributed by atoms with E-state index < -0.39 is 47.0 Å². The lowest BCUT2D eigenvalue weighted by molar-refractivity contribution is 0.000858. The van der Waals surface area contributed by atoms with Gasteiger partial charge in [-0.05, 0) is 59.7 Å². The summed E-state index contributed by atoms with van der Waals surface area (Å²) in [6, 6.07) is 3.24. The molecule has 0 aliphatic carbocycles. The molecular weight excluding hydrogens is 606 g/mol. The third-order valence-electron chi connectivity index (χ3n) is 6.59. The number of thiazole rings is 1. The number of aromatic nitrogens is 1. The molecule has 1 atom stereocenters. The molecule has 0 saturated carbocycles. The van der Waals surface area contributed by atoms with Gasteiger partial charge in [-0.3, -0.25) is 10.1 Å². The zero-order valence-corrected chi connectivity index (χ0v) is 26.0. The predicted octanol–water partition coefficient (Wildman–Crippen LogP) is 6.70. The second kappa shape index (κ2) is 11.1. The molecule has 10 nitrogen and oxygen atoms in total. The summed E-state index contributed by atoms with van der Waals surface area (Å²) >= 11 is 7.43. The Kier molecular flexibility index (Phi) is 7.93. The molecule has 3 amide bonds. The van der Waals surface area contributed by atoms with Crippen LogP contribution in [0.5, 0.6) is 5.75 Å². The Bertz CT molecular complexity index is 1630. The molecule has 1 saturated heterocycles. The summed E-state index contributed by atoms with van der Waals surface area (Å²) in [4.78, 5) is 45.9. The lowest BCUT2D eigenvalue weighted by atomic mass is 10.00. The molecule has 0 unspecified atom stereocenters. The van der Waals surface area contributed by atoms with Gasteiger partial charge in [0.25, 0.3) is 5.91 Å². The maximum Gasteiger partial charge on any atom is 0.413 e. The molecule has 2 aromatic carbocycles. The predicted molar refractivity (Wildman–Crippen MR) is 158 cm³/mol. The molecule has 1 aromatic heterocycles. The van der Waals surface area contributed by atoms with Crippen molar-refractivity contribution < 1.29 is 37.4 Å². The average Bonchev–Trinajstić information content (AvgIpc) is 3.25. The van der Waals surface area contributed by atoms with E-state index in [1.54, 1.807) is 41.5 Å². The molecule has 230 valence electrons. The second-order valence-corrected chi connectivity index (χ2v) is 13.6. The number of ether oxygens (including phenoxy) is 3. The number of halogens is 3. The van der Waals surface area contributed by atoms with E-state index >= 15 is 4.39 Å². The standard InChI is InChI=1S/C29H31ClF2N4O6S/c1-28(2,3)41-26(38)34-25-33-21-15(7-8-18(31)23(21)43-25)19-17(30)11-16-22(20(19)32)40-13-14-12-35(9-10-36(14)24(16)37)27(39)42-29(4,5)6/h7-8,11,14H,9-10,12-13H2,1-6H3,(H,33,34,38)/t14-/m1/s1. The fraction of sp³-hybridized carbons (Fsp3) is 0.448. The molecule has 14 heteroatoms. The molecule has 5 rings (SSSR count). The van der Waals surface area contributed by atoms with E-state index in [4.69, 9.17) is 25.8 Å². The highest BCUT2D eigenvalue weighted by Gasteiger charge is 2.40. The van der Waals surface area contributed by atoms with Crippen LogP contribution in [0.1, 0.15) is 51.9 Å². The SMILES string of the molecule is CC(C)(C)OC(=O)Nc1nc2c(-c3c(Cl)cc4c(c3F)OC[C@H]3CN(C(=O)OC(C)(C)C)CCN3C4=O)ccc(F)c2s1. The van der Waals surface area contributed by atoms with E-state index in [1.165, 1.54) is 21.9 Å². The Morgan fingerprint density at radius 3 is 2.47 bits per heavy atom. The molecule has 2 aliphatic heterocycles. The Balaban J connectivity index is 1.48. The molecule has 43 heavy (non-hydrogen) atoms. The lowest BCUT2D eigenvalue weighted by Gasteiger charge is -2.40. The van der Waals surface area contributed by atoms with Gasteiger partial charge >= 0.3 is 12.2 Å². The number of rotatable bonds is 2. The van der Waals surface area contributed by atoms with Crippen LogP contribution in [-0.4, -0.2) is 76.4 Å². The fourth-order valence-corrected chi connectivity index (χ4v) is 6.04. The number of benzene rings is 2. The lowest BCUT2D eigenvalue weighted by Crippen LogP contribution is -2.58. The van der Waals surface area contributed by atoms with E-state index in [2.05, 4.69) is 10.3 Å². The van der Waals surface area contributed by atoms with Crippen LogP contribution in [0.4, 0.5) is 23.5 Å². The first-order valence-electron chi connectivity index (χ1n) is 13.6. The highest BCUT2D eigenvalue weighted by molar-refractivity contribution is 7.22. The monoisotopic (exact) mass is 636 g/mol. The van der Waals surface area contributed by atoms with E-state index in [0.717, 1.165) is 17.4 Å². The third-order valence-corrected chi connectivity index (χ3v) is 7.87. The van der Waals surface area contributed by atoms with E-state index in [1.807, 2.05) is 0 Å². The molecule has 0 bridgehead atoms. The number of nitrogens with zero attached hydrogens (tertiary/aromatic N) is 3. The summed E-state index contributed by atoms with van der Waals surface area (Å²) in [5.74, 6) is -2.34.